The summed E-state index contributed by atoms with van der Waals surface area (Å²) in [4.78, 5) is 0. The summed E-state index contributed by atoms with van der Waals surface area (Å²) in [5.74, 6) is 6.57. The minimum atomic E-state index is 0.225. The van der Waals surface area contributed by atoms with E-state index < -0.39 is 0 Å². The van der Waals surface area contributed by atoms with E-state index in [0.29, 0.717) is 15.3 Å². The number of hydrogen-bond acceptors (Lipinski definition) is 3. The molecule has 0 saturated carbocycles. The summed E-state index contributed by atoms with van der Waals surface area (Å²) in [5, 5.41) is 2.02. The van der Waals surface area contributed by atoms with Gasteiger partial charge in [-0.2, -0.15) is 11.8 Å². The molecule has 1 rings (SSSR count). The summed E-state index contributed by atoms with van der Waals surface area (Å²) in [6.45, 7) is 4.42. The first kappa shape index (κ1) is 16.1. The predicted molar refractivity (Wildman–Crippen MR) is 83.5 cm³/mol. The molecule has 102 valence electrons. The molecule has 0 aromatic heterocycles. The van der Waals surface area contributed by atoms with Crippen molar-refractivity contribution in [3.63, 3.8) is 0 Å². The summed E-state index contributed by atoms with van der Waals surface area (Å²) in [7, 11) is 0. The third-order valence-corrected chi connectivity index (χ3v) is 4.96. The van der Waals surface area contributed by atoms with E-state index in [9.17, 15) is 0 Å². The average molecular weight is 307 g/mol. The van der Waals surface area contributed by atoms with Crippen molar-refractivity contribution in [2.24, 2.45) is 5.84 Å². The lowest BCUT2D eigenvalue weighted by atomic mass is 10.1. The van der Waals surface area contributed by atoms with E-state index in [0.717, 1.165) is 17.7 Å². The van der Waals surface area contributed by atoms with Gasteiger partial charge in [0.25, 0.3) is 0 Å². The number of nitrogens with one attached hydrogen (secondary N) is 1. The molecule has 0 radical (unpaired) electrons. The zero-order valence-corrected chi connectivity index (χ0v) is 13.1. The van der Waals surface area contributed by atoms with Crippen LogP contribution in [0.4, 0.5) is 0 Å². The van der Waals surface area contributed by atoms with Gasteiger partial charge in [0.2, 0.25) is 0 Å². The second-order valence-electron chi connectivity index (χ2n) is 4.36. The van der Waals surface area contributed by atoms with Gasteiger partial charge in [0.15, 0.2) is 0 Å². The molecule has 0 bridgehead atoms. The number of halogens is 2. The van der Waals surface area contributed by atoms with Gasteiger partial charge in [-0.1, -0.05) is 43.1 Å². The van der Waals surface area contributed by atoms with Gasteiger partial charge >= 0.3 is 0 Å². The molecule has 0 aliphatic carbocycles. The highest BCUT2D eigenvalue weighted by atomic mass is 35.5. The van der Waals surface area contributed by atoms with Crippen molar-refractivity contribution >= 4 is 35.0 Å². The Hall–Kier alpha value is 0.0700. The quantitative estimate of drug-likeness (QED) is 0.593. The number of benzene rings is 1. The molecule has 0 aliphatic rings. The first-order chi connectivity index (χ1) is 8.56. The van der Waals surface area contributed by atoms with Crippen LogP contribution in [0.3, 0.4) is 0 Å². The first-order valence-electron chi connectivity index (χ1n) is 6.08. The van der Waals surface area contributed by atoms with Crippen LogP contribution in [-0.4, -0.2) is 17.0 Å². The molecular weight excluding hydrogens is 287 g/mol. The maximum absolute atomic E-state index is 6.16. The topological polar surface area (TPSA) is 38.0 Å². The van der Waals surface area contributed by atoms with E-state index in [2.05, 4.69) is 19.3 Å². The van der Waals surface area contributed by atoms with Crippen LogP contribution < -0.4 is 11.3 Å². The lowest BCUT2D eigenvalue weighted by molar-refractivity contribution is 0.574. The fourth-order valence-electron chi connectivity index (χ4n) is 1.52. The fourth-order valence-corrected chi connectivity index (χ4v) is 3.01. The second-order valence-corrected chi connectivity index (χ2v) is 6.67. The van der Waals surface area contributed by atoms with Crippen LogP contribution in [0.1, 0.15) is 25.8 Å². The van der Waals surface area contributed by atoms with Gasteiger partial charge in [-0.05, 0) is 30.5 Å². The second kappa shape index (κ2) is 8.28. The van der Waals surface area contributed by atoms with E-state index in [1.165, 1.54) is 6.42 Å². The van der Waals surface area contributed by atoms with Crippen molar-refractivity contribution in [1.29, 1.82) is 0 Å². The van der Waals surface area contributed by atoms with Crippen LogP contribution in [0.5, 0.6) is 0 Å². The highest BCUT2D eigenvalue weighted by molar-refractivity contribution is 7.99. The number of hydrazine groups is 1. The molecule has 3 N–H and O–H groups in total. The Morgan fingerprint density at radius 2 is 2.11 bits per heavy atom. The van der Waals surface area contributed by atoms with Gasteiger partial charge in [0, 0.05) is 27.1 Å². The van der Waals surface area contributed by atoms with Crippen molar-refractivity contribution in [3.8, 4) is 0 Å². The number of hydrogen-bond donors (Lipinski definition) is 2. The van der Waals surface area contributed by atoms with Crippen LogP contribution >= 0.6 is 35.0 Å². The van der Waals surface area contributed by atoms with Crippen LogP contribution in [0.25, 0.3) is 0 Å². The van der Waals surface area contributed by atoms with Crippen molar-refractivity contribution < 1.29 is 0 Å². The zero-order chi connectivity index (χ0) is 13.5. The van der Waals surface area contributed by atoms with Crippen LogP contribution in [-0.2, 0) is 6.42 Å². The van der Waals surface area contributed by atoms with Gasteiger partial charge in [-0.3, -0.25) is 11.3 Å². The van der Waals surface area contributed by atoms with E-state index in [1.54, 1.807) is 6.07 Å². The van der Waals surface area contributed by atoms with Gasteiger partial charge < -0.3 is 0 Å². The van der Waals surface area contributed by atoms with Crippen molar-refractivity contribution in [3.05, 3.63) is 33.8 Å². The maximum atomic E-state index is 6.16. The van der Waals surface area contributed by atoms with Crippen molar-refractivity contribution in [1.82, 2.24) is 5.43 Å². The molecule has 5 heteroatoms. The Kier molecular flexibility index (Phi) is 7.42. The SMILES string of the molecule is CCC(C)SCC(Cc1ccc(Cl)cc1Cl)NN. The first-order valence-corrected chi connectivity index (χ1v) is 7.89. The van der Waals surface area contributed by atoms with Crippen LogP contribution in [0, 0.1) is 0 Å². The summed E-state index contributed by atoms with van der Waals surface area (Å²) in [6.07, 6.45) is 1.99. The molecule has 2 nitrogen and oxygen atoms in total. The lowest BCUT2D eigenvalue weighted by Crippen LogP contribution is -2.39. The molecule has 2 atom stereocenters. The Bertz CT molecular complexity index is 374. The van der Waals surface area contributed by atoms with Crippen molar-refractivity contribution in [2.75, 3.05) is 5.75 Å². The minimum Gasteiger partial charge on any atom is -0.271 e. The Labute approximate surface area is 124 Å². The third kappa shape index (κ3) is 5.37. The molecule has 2 unspecified atom stereocenters. The molecule has 0 aliphatic heterocycles. The highest BCUT2D eigenvalue weighted by Crippen LogP contribution is 2.23. The molecule has 1 aromatic rings. The van der Waals surface area contributed by atoms with E-state index >= 15 is 0 Å². The normalized spacial score (nSPS) is 14.5. The largest absolute Gasteiger partial charge is 0.271 e. The number of nitrogens with two attached hydrogens (primary N) is 1. The Balaban J connectivity index is 2.56. The Morgan fingerprint density at radius 3 is 2.67 bits per heavy atom. The number of thioether (sulfide) groups is 1. The van der Waals surface area contributed by atoms with Gasteiger partial charge in [0.1, 0.15) is 0 Å². The zero-order valence-electron chi connectivity index (χ0n) is 10.7. The summed E-state index contributed by atoms with van der Waals surface area (Å²) in [5.41, 5.74) is 3.94. The standard InChI is InChI=1S/C13H20Cl2N2S/c1-3-9(2)18-8-12(17-16)6-10-4-5-11(14)7-13(10)15/h4-5,7,9,12,17H,3,6,8,16H2,1-2H3. The fraction of sp³-hybridized carbons (Fsp3) is 0.538. The summed E-state index contributed by atoms with van der Waals surface area (Å²) >= 11 is 14.0. The number of rotatable bonds is 7. The molecule has 0 fully saturated rings. The highest BCUT2D eigenvalue weighted by Gasteiger charge is 2.12. The van der Waals surface area contributed by atoms with Crippen molar-refractivity contribution in [2.45, 2.75) is 38.0 Å². The third-order valence-electron chi connectivity index (χ3n) is 2.87. The average Bonchev–Trinajstić information content (AvgIpc) is 2.36. The Morgan fingerprint density at radius 1 is 1.39 bits per heavy atom. The van der Waals surface area contributed by atoms with E-state index in [1.807, 2.05) is 23.9 Å². The van der Waals surface area contributed by atoms with Gasteiger partial charge in [0.05, 0.1) is 0 Å². The monoisotopic (exact) mass is 306 g/mol. The molecule has 0 heterocycles. The smallest absolute Gasteiger partial charge is 0.0453 e. The molecule has 18 heavy (non-hydrogen) atoms. The van der Waals surface area contributed by atoms with Gasteiger partial charge in [-0.15, -0.1) is 0 Å². The summed E-state index contributed by atoms with van der Waals surface area (Å²) in [6, 6.07) is 5.82. The lowest BCUT2D eigenvalue weighted by Gasteiger charge is -2.18. The predicted octanol–water partition coefficient (Wildman–Crippen LogP) is 3.90. The van der Waals surface area contributed by atoms with Crippen LogP contribution in [0.2, 0.25) is 10.0 Å². The molecule has 0 saturated heterocycles. The molecular formula is C13H20Cl2N2S. The summed E-state index contributed by atoms with van der Waals surface area (Å²) < 4.78 is 0. The molecule has 1 aromatic carbocycles. The minimum absolute atomic E-state index is 0.225. The van der Waals surface area contributed by atoms with E-state index in [4.69, 9.17) is 29.0 Å². The van der Waals surface area contributed by atoms with E-state index in [-0.39, 0.29) is 6.04 Å². The maximum Gasteiger partial charge on any atom is 0.0453 e. The van der Waals surface area contributed by atoms with Gasteiger partial charge in [-0.25, -0.2) is 0 Å². The van der Waals surface area contributed by atoms with Crippen LogP contribution in [0.15, 0.2) is 18.2 Å². The molecule has 0 amide bonds. The molecule has 0 spiro atoms.